The van der Waals surface area contributed by atoms with Crippen LogP contribution in [-0.2, 0) is 6.54 Å². The van der Waals surface area contributed by atoms with Crippen molar-refractivity contribution in [3.05, 3.63) is 42.7 Å². The summed E-state index contributed by atoms with van der Waals surface area (Å²) in [5.74, 6) is 0.215. The van der Waals surface area contributed by atoms with Crippen molar-refractivity contribution in [1.82, 2.24) is 19.7 Å². The van der Waals surface area contributed by atoms with Crippen LogP contribution in [0.25, 0.3) is 10.9 Å². The Labute approximate surface area is 109 Å². The zero-order valence-corrected chi connectivity index (χ0v) is 10.3. The molecule has 5 nitrogen and oxygen atoms in total. The SMILES string of the molecule is CCn1cc(Nc2ncnc3c(F)cccc23)cn1. The smallest absolute Gasteiger partial charge is 0.149 e. The summed E-state index contributed by atoms with van der Waals surface area (Å²) in [5, 5.41) is 7.94. The molecule has 3 rings (SSSR count). The van der Waals surface area contributed by atoms with Crippen molar-refractivity contribution in [2.24, 2.45) is 0 Å². The van der Waals surface area contributed by atoms with E-state index in [0.29, 0.717) is 16.7 Å². The zero-order valence-electron chi connectivity index (χ0n) is 10.3. The largest absolute Gasteiger partial charge is 0.337 e. The topological polar surface area (TPSA) is 55.6 Å². The highest BCUT2D eigenvalue weighted by Crippen LogP contribution is 2.23. The van der Waals surface area contributed by atoms with Crippen LogP contribution in [0.4, 0.5) is 15.9 Å². The maximum atomic E-state index is 13.6. The summed E-state index contributed by atoms with van der Waals surface area (Å²) in [6.07, 6.45) is 4.92. The van der Waals surface area contributed by atoms with Gasteiger partial charge in [0, 0.05) is 18.1 Å². The van der Waals surface area contributed by atoms with Crippen LogP contribution in [0.15, 0.2) is 36.9 Å². The van der Waals surface area contributed by atoms with Gasteiger partial charge in [0.15, 0.2) is 0 Å². The number of hydrogen-bond acceptors (Lipinski definition) is 4. The van der Waals surface area contributed by atoms with Crippen molar-refractivity contribution in [3.8, 4) is 0 Å². The van der Waals surface area contributed by atoms with Crippen molar-refractivity contribution in [2.45, 2.75) is 13.5 Å². The number of aromatic nitrogens is 4. The predicted molar refractivity (Wildman–Crippen MR) is 70.7 cm³/mol. The third kappa shape index (κ3) is 2.12. The van der Waals surface area contributed by atoms with E-state index in [-0.39, 0.29) is 5.82 Å². The second-order valence-corrected chi connectivity index (χ2v) is 4.07. The maximum Gasteiger partial charge on any atom is 0.149 e. The molecule has 1 N–H and O–H groups in total. The summed E-state index contributed by atoms with van der Waals surface area (Å²) >= 11 is 0. The first-order chi connectivity index (χ1) is 9.28. The summed E-state index contributed by atoms with van der Waals surface area (Å²) < 4.78 is 15.4. The minimum absolute atomic E-state index is 0.308. The number of rotatable bonds is 3. The van der Waals surface area contributed by atoms with Gasteiger partial charge in [0.25, 0.3) is 0 Å². The van der Waals surface area contributed by atoms with E-state index in [1.165, 1.54) is 12.4 Å². The molecular formula is C13H12FN5. The van der Waals surface area contributed by atoms with Gasteiger partial charge >= 0.3 is 0 Å². The Morgan fingerprint density at radius 3 is 3.00 bits per heavy atom. The Bertz CT molecular complexity index is 722. The third-order valence-electron chi connectivity index (χ3n) is 2.84. The summed E-state index contributed by atoms with van der Waals surface area (Å²) in [5.41, 5.74) is 1.12. The number of nitrogens with one attached hydrogen (secondary N) is 1. The minimum Gasteiger partial charge on any atom is -0.337 e. The predicted octanol–water partition coefficient (Wildman–Crippen LogP) is 2.73. The first-order valence-electron chi connectivity index (χ1n) is 5.96. The molecule has 3 aromatic rings. The Kier molecular flexibility index (Phi) is 2.83. The molecule has 0 saturated heterocycles. The fraction of sp³-hybridized carbons (Fsp3) is 0.154. The van der Waals surface area contributed by atoms with Gasteiger partial charge in [-0.3, -0.25) is 4.68 Å². The van der Waals surface area contributed by atoms with Crippen LogP contribution in [-0.4, -0.2) is 19.7 Å². The van der Waals surface area contributed by atoms with E-state index in [1.807, 2.05) is 13.1 Å². The molecule has 0 aliphatic rings. The van der Waals surface area contributed by atoms with E-state index in [0.717, 1.165) is 12.2 Å². The number of hydrogen-bond donors (Lipinski definition) is 1. The molecule has 96 valence electrons. The number of aryl methyl sites for hydroxylation is 1. The van der Waals surface area contributed by atoms with Gasteiger partial charge in [-0.1, -0.05) is 6.07 Å². The molecule has 0 unspecified atom stereocenters. The van der Waals surface area contributed by atoms with Crippen molar-refractivity contribution in [1.29, 1.82) is 0 Å². The average molecular weight is 257 g/mol. The van der Waals surface area contributed by atoms with Gasteiger partial charge < -0.3 is 5.32 Å². The Morgan fingerprint density at radius 1 is 1.32 bits per heavy atom. The lowest BCUT2D eigenvalue weighted by Crippen LogP contribution is -1.96. The number of fused-ring (bicyclic) bond motifs is 1. The van der Waals surface area contributed by atoms with Crippen molar-refractivity contribution in [2.75, 3.05) is 5.32 Å². The van der Waals surface area contributed by atoms with Gasteiger partial charge in [-0.2, -0.15) is 5.10 Å². The molecule has 2 heterocycles. The zero-order chi connectivity index (χ0) is 13.2. The third-order valence-corrected chi connectivity index (χ3v) is 2.84. The molecule has 0 saturated carbocycles. The fourth-order valence-electron chi connectivity index (χ4n) is 1.89. The molecule has 0 radical (unpaired) electrons. The first-order valence-corrected chi connectivity index (χ1v) is 5.96. The normalized spacial score (nSPS) is 10.8. The van der Waals surface area contributed by atoms with E-state index in [2.05, 4.69) is 20.4 Å². The van der Waals surface area contributed by atoms with Crippen molar-refractivity contribution >= 4 is 22.4 Å². The van der Waals surface area contributed by atoms with E-state index < -0.39 is 0 Å². The monoisotopic (exact) mass is 257 g/mol. The standard InChI is InChI=1S/C13H12FN5/c1-2-19-7-9(6-17-19)18-13-10-4-3-5-11(14)12(10)15-8-16-13/h3-8H,2H2,1H3,(H,15,16,18). The molecule has 0 amide bonds. The van der Waals surface area contributed by atoms with E-state index in [4.69, 9.17) is 0 Å². The number of nitrogens with zero attached hydrogens (tertiary/aromatic N) is 4. The molecular weight excluding hydrogens is 245 g/mol. The van der Waals surface area contributed by atoms with Crippen LogP contribution in [0.5, 0.6) is 0 Å². The van der Waals surface area contributed by atoms with E-state index >= 15 is 0 Å². The highest BCUT2D eigenvalue weighted by atomic mass is 19.1. The average Bonchev–Trinajstić information content (AvgIpc) is 2.88. The van der Waals surface area contributed by atoms with Crippen molar-refractivity contribution < 1.29 is 4.39 Å². The second-order valence-electron chi connectivity index (χ2n) is 4.07. The molecule has 19 heavy (non-hydrogen) atoms. The van der Waals surface area contributed by atoms with Gasteiger partial charge in [0.2, 0.25) is 0 Å². The van der Waals surface area contributed by atoms with Gasteiger partial charge in [-0.15, -0.1) is 0 Å². The Hall–Kier alpha value is -2.50. The lowest BCUT2D eigenvalue weighted by Gasteiger charge is -2.06. The molecule has 1 aromatic carbocycles. The first kappa shape index (κ1) is 11.6. The molecule has 6 heteroatoms. The molecule has 2 aromatic heterocycles. The van der Waals surface area contributed by atoms with Crippen molar-refractivity contribution in [3.63, 3.8) is 0 Å². The highest BCUT2D eigenvalue weighted by molar-refractivity contribution is 5.90. The second kappa shape index (κ2) is 4.64. The van der Waals surface area contributed by atoms with Crippen LogP contribution in [0, 0.1) is 5.82 Å². The highest BCUT2D eigenvalue weighted by Gasteiger charge is 2.08. The van der Waals surface area contributed by atoms with E-state index in [9.17, 15) is 4.39 Å². The van der Waals surface area contributed by atoms with Gasteiger partial charge in [0.1, 0.15) is 23.5 Å². The number of anilines is 2. The van der Waals surface area contributed by atoms with E-state index in [1.54, 1.807) is 23.0 Å². The Morgan fingerprint density at radius 2 is 2.21 bits per heavy atom. The van der Waals surface area contributed by atoms with Crippen LogP contribution in [0.1, 0.15) is 6.92 Å². The van der Waals surface area contributed by atoms with Crippen LogP contribution >= 0.6 is 0 Å². The lowest BCUT2D eigenvalue weighted by atomic mass is 10.2. The fourth-order valence-corrected chi connectivity index (χ4v) is 1.89. The van der Waals surface area contributed by atoms with Crippen LogP contribution in [0.2, 0.25) is 0 Å². The molecule has 0 aliphatic carbocycles. The van der Waals surface area contributed by atoms with Crippen LogP contribution in [0.3, 0.4) is 0 Å². The molecule has 0 fully saturated rings. The number of para-hydroxylation sites is 1. The van der Waals surface area contributed by atoms with Crippen LogP contribution < -0.4 is 5.32 Å². The van der Waals surface area contributed by atoms with Gasteiger partial charge in [0.05, 0.1) is 11.9 Å². The molecule has 0 aliphatic heterocycles. The summed E-state index contributed by atoms with van der Waals surface area (Å²) in [4.78, 5) is 8.11. The summed E-state index contributed by atoms with van der Waals surface area (Å²) in [6.45, 7) is 2.80. The number of benzene rings is 1. The summed E-state index contributed by atoms with van der Waals surface area (Å²) in [7, 11) is 0. The van der Waals surface area contributed by atoms with Gasteiger partial charge in [-0.25, -0.2) is 14.4 Å². The number of halogens is 1. The molecule has 0 atom stereocenters. The molecule has 0 bridgehead atoms. The van der Waals surface area contributed by atoms with Gasteiger partial charge in [-0.05, 0) is 19.1 Å². The lowest BCUT2D eigenvalue weighted by molar-refractivity contribution is 0.636. The quantitative estimate of drug-likeness (QED) is 0.783. The maximum absolute atomic E-state index is 13.6. The molecule has 0 spiro atoms. The summed E-state index contributed by atoms with van der Waals surface area (Å²) in [6, 6.07) is 4.81. The minimum atomic E-state index is -0.354. The Balaban J connectivity index is 2.03.